The van der Waals surface area contributed by atoms with E-state index in [0.29, 0.717) is 6.61 Å². The van der Waals surface area contributed by atoms with Gasteiger partial charge in [0.1, 0.15) is 23.0 Å². The van der Waals surface area contributed by atoms with Gasteiger partial charge in [-0.2, -0.15) is 0 Å². The SMILES string of the molecule is CCC(OC)(c1cccc(OCc2ccc3ccccc3c2)c1)c1nccs1. The Balaban J connectivity index is 1.58. The highest BCUT2D eigenvalue weighted by Crippen LogP contribution is 2.38. The average molecular weight is 390 g/mol. The fourth-order valence-electron chi connectivity index (χ4n) is 3.58. The molecule has 4 aromatic rings. The van der Waals surface area contributed by atoms with Gasteiger partial charge >= 0.3 is 0 Å². The quantitative estimate of drug-likeness (QED) is 0.378. The molecule has 0 bridgehead atoms. The van der Waals surface area contributed by atoms with E-state index in [-0.39, 0.29) is 0 Å². The van der Waals surface area contributed by atoms with Crippen LogP contribution in [0.5, 0.6) is 5.75 Å². The third-order valence-electron chi connectivity index (χ3n) is 5.14. The number of benzene rings is 3. The molecule has 0 aliphatic heterocycles. The van der Waals surface area contributed by atoms with E-state index in [1.807, 2.05) is 23.7 Å². The molecule has 0 aliphatic carbocycles. The van der Waals surface area contributed by atoms with E-state index in [1.54, 1.807) is 18.4 Å². The number of nitrogens with zero attached hydrogens (tertiary/aromatic N) is 1. The molecule has 1 unspecified atom stereocenters. The van der Waals surface area contributed by atoms with Gasteiger partial charge in [-0.3, -0.25) is 0 Å². The molecular formula is C24H23NO2S. The number of hydrogen-bond acceptors (Lipinski definition) is 4. The molecule has 0 aliphatic rings. The molecule has 28 heavy (non-hydrogen) atoms. The number of ether oxygens (including phenoxy) is 2. The van der Waals surface area contributed by atoms with E-state index in [1.165, 1.54) is 10.8 Å². The van der Waals surface area contributed by atoms with Crippen LogP contribution in [0.1, 0.15) is 29.5 Å². The molecule has 3 aromatic carbocycles. The van der Waals surface area contributed by atoms with Gasteiger partial charge in [0.25, 0.3) is 0 Å². The van der Waals surface area contributed by atoms with E-state index in [2.05, 4.69) is 66.5 Å². The van der Waals surface area contributed by atoms with Crippen LogP contribution in [0.2, 0.25) is 0 Å². The monoisotopic (exact) mass is 389 g/mol. The Bertz CT molecular complexity index is 1060. The second kappa shape index (κ2) is 8.13. The zero-order valence-corrected chi connectivity index (χ0v) is 16.9. The van der Waals surface area contributed by atoms with Crippen LogP contribution in [0.3, 0.4) is 0 Å². The summed E-state index contributed by atoms with van der Waals surface area (Å²) < 4.78 is 12.1. The fourth-order valence-corrected chi connectivity index (χ4v) is 4.49. The lowest BCUT2D eigenvalue weighted by atomic mass is 9.91. The summed E-state index contributed by atoms with van der Waals surface area (Å²) in [6.45, 7) is 2.64. The van der Waals surface area contributed by atoms with E-state index >= 15 is 0 Å². The molecule has 0 saturated carbocycles. The minimum Gasteiger partial charge on any atom is -0.489 e. The van der Waals surface area contributed by atoms with Gasteiger partial charge < -0.3 is 9.47 Å². The van der Waals surface area contributed by atoms with Gasteiger partial charge in [-0.1, -0.05) is 55.5 Å². The van der Waals surface area contributed by atoms with E-state index < -0.39 is 5.60 Å². The number of hydrogen-bond donors (Lipinski definition) is 0. The lowest BCUT2D eigenvalue weighted by Gasteiger charge is -2.30. The van der Waals surface area contributed by atoms with Crippen molar-refractivity contribution in [3.63, 3.8) is 0 Å². The molecule has 1 atom stereocenters. The summed E-state index contributed by atoms with van der Waals surface area (Å²) in [5.41, 5.74) is 1.66. The summed E-state index contributed by atoms with van der Waals surface area (Å²) in [5.74, 6) is 0.831. The third kappa shape index (κ3) is 3.53. The maximum absolute atomic E-state index is 6.11. The molecule has 0 fully saturated rings. The van der Waals surface area contributed by atoms with E-state index in [0.717, 1.165) is 28.3 Å². The highest BCUT2D eigenvalue weighted by molar-refractivity contribution is 7.09. The van der Waals surface area contributed by atoms with Crippen molar-refractivity contribution >= 4 is 22.1 Å². The van der Waals surface area contributed by atoms with Crippen molar-refractivity contribution in [2.24, 2.45) is 0 Å². The summed E-state index contributed by atoms with van der Waals surface area (Å²) in [6.07, 6.45) is 2.62. The topological polar surface area (TPSA) is 31.4 Å². The zero-order chi connectivity index (χ0) is 19.4. The molecule has 0 saturated heterocycles. The molecule has 0 radical (unpaired) electrons. The van der Waals surface area contributed by atoms with Crippen molar-refractivity contribution in [1.82, 2.24) is 4.98 Å². The standard InChI is InChI=1S/C24H23NO2S/c1-3-24(26-2,23-25-13-14-28-23)21-9-6-10-22(16-21)27-17-18-11-12-19-7-4-5-8-20(19)15-18/h4-16H,3,17H2,1-2H3. The Labute approximate surface area is 169 Å². The maximum Gasteiger partial charge on any atom is 0.144 e. The minimum atomic E-state index is -0.545. The van der Waals surface area contributed by atoms with Gasteiger partial charge in [0.05, 0.1) is 0 Å². The lowest BCUT2D eigenvalue weighted by Crippen LogP contribution is -2.29. The normalized spacial score (nSPS) is 13.4. The number of fused-ring (bicyclic) bond motifs is 1. The largest absolute Gasteiger partial charge is 0.489 e. The number of rotatable bonds is 7. The van der Waals surface area contributed by atoms with Crippen molar-refractivity contribution < 1.29 is 9.47 Å². The minimum absolute atomic E-state index is 0.525. The summed E-state index contributed by atoms with van der Waals surface area (Å²) in [4.78, 5) is 4.51. The molecule has 4 heteroatoms. The predicted molar refractivity (Wildman–Crippen MR) is 115 cm³/mol. The van der Waals surface area contributed by atoms with Gasteiger partial charge in [-0.25, -0.2) is 4.98 Å². The van der Waals surface area contributed by atoms with Crippen LogP contribution in [-0.4, -0.2) is 12.1 Å². The number of methoxy groups -OCH3 is 1. The average Bonchev–Trinajstić information content (AvgIpc) is 3.29. The molecule has 3 nitrogen and oxygen atoms in total. The Hall–Kier alpha value is -2.69. The first-order valence-corrected chi connectivity index (χ1v) is 10.3. The van der Waals surface area contributed by atoms with Crippen LogP contribution < -0.4 is 4.74 Å². The second-order valence-corrected chi connectivity index (χ2v) is 7.61. The Morgan fingerprint density at radius 3 is 2.57 bits per heavy atom. The first-order chi connectivity index (χ1) is 13.7. The van der Waals surface area contributed by atoms with Crippen LogP contribution in [0.4, 0.5) is 0 Å². The van der Waals surface area contributed by atoms with Crippen LogP contribution in [0.25, 0.3) is 10.8 Å². The molecule has 0 amide bonds. The molecule has 0 spiro atoms. The summed E-state index contributed by atoms with van der Waals surface area (Å²) in [6, 6.07) is 23.0. The van der Waals surface area contributed by atoms with Crippen molar-refractivity contribution in [3.05, 3.63) is 94.4 Å². The van der Waals surface area contributed by atoms with E-state index in [4.69, 9.17) is 9.47 Å². The Morgan fingerprint density at radius 1 is 0.964 bits per heavy atom. The maximum atomic E-state index is 6.11. The fraction of sp³-hybridized carbons (Fsp3) is 0.208. The summed E-state index contributed by atoms with van der Waals surface area (Å²) in [7, 11) is 1.74. The molecule has 0 N–H and O–H groups in total. The highest BCUT2D eigenvalue weighted by atomic mass is 32.1. The Morgan fingerprint density at radius 2 is 1.82 bits per heavy atom. The van der Waals surface area contributed by atoms with Crippen molar-refractivity contribution in [1.29, 1.82) is 0 Å². The van der Waals surface area contributed by atoms with Crippen LogP contribution in [-0.2, 0) is 16.9 Å². The van der Waals surface area contributed by atoms with Gasteiger partial charge in [-0.05, 0) is 46.5 Å². The first-order valence-electron chi connectivity index (χ1n) is 9.41. The molecule has 4 rings (SSSR count). The first kappa shape index (κ1) is 18.7. The third-order valence-corrected chi connectivity index (χ3v) is 6.06. The number of thiazole rings is 1. The van der Waals surface area contributed by atoms with Gasteiger partial charge in [0, 0.05) is 18.7 Å². The lowest BCUT2D eigenvalue weighted by molar-refractivity contribution is 0.0182. The van der Waals surface area contributed by atoms with Crippen molar-refractivity contribution in [2.45, 2.75) is 25.6 Å². The zero-order valence-electron chi connectivity index (χ0n) is 16.1. The predicted octanol–water partition coefficient (Wildman–Crippen LogP) is 6.18. The van der Waals surface area contributed by atoms with Crippen LogP contribution in [0, 0.1) is 0 Å². The van der Waals surface area contributed by atoms with Gasteiger partial charge in [0.2, 0.25) is 0 Å². The van der Waals surface area contributed by atoms with E-state index in [9.17, 15) is 0 Å². The number of aromatic nitrogens is 1. The highest BCUT2D eigenvalue weighted by Gasteiger charge is 2.35. The van der Waals surface area contributed by atoms with Crippen molar-refractivity contribution in [3.8, 4) is 5.75 Å². The molecular weight excluding hydrogens is 366 g/mol. The summed E-state index contributed by atoms with van der Waals surface area (Å²) in [5, 5.41) is 5.41. The van der Waals surface area contributed by atoms with Crippen LogP contribution in [0.15, 0.2) is 78.3 Å². The Kier molecular flexibility index (Phi) is 5.42. The van der Waals surface area contributed by atoms with Gasteiger partial charge in [-0.15, -0.1) is 11.3 Å². The molecule has 142 valence electrons. The summed E-state index contributed by atoms with van der Waals surface area (Å²) >= 11 is 1.61. The van der Waals surface area contributed by atoms with Crippen LogP contribution >= 0.6 is 11.3 Å². The van der Waals surface area contributed by atoms with Crippen molar-refractivity contribution in [2.75, 3.05) is 7.11 Å². The smallest absolute Gasteiger partial charge is 0.144 e. The molecule has 1 aromatic heterocycles. The second-order valence-electron chi connectivity index (χ2n) is 6.72. The molecule has 1 heterocycles. The van der Waals surface area contributed by atoms with Gasteiger partial charge in [0.15, 0.2) is 0 Å².